The molecule has 9 heteroatoms. The molecule has 0 amide bonds. The minimum atomic E-state index is -0.614. The average Bonchev–Trinajstić information content (AvgIpc) is 2.60. The van der Waals surface area contributed by atoms with Crippen molar-refractivity contribution in [3.05, 3.63) is 28.2 Å². The lowest BCUT2D eigenvalue weighted by molar-refractivity contribution is 0.475. The summed E-state index contributed by atoms with van der Waals surface area (Å²) in [6, 6.07) is 0.189. The molecule has 3 heterocycles. The maximum Gasteiger partial charge on any atom is 0.190 e. The molecule has 134 valence electrons. The molecule has 1 saturated heterocycles. The lowest BCUT2D eigenvalue weighted by Gasteiger charge is -2.37. The van der Waals surface area contributed by atoms with Crippen molar-refractivity contribution in [3.63, 3.8) is 0 Å². The normalized spacial score (nSPS) is 17.9. The van der Waals surface area contributed by atoms with Crippen LogP contribution in [0.1, 0.15) is 13.3 Å². The zero-order valence-electron chi connectivity index (χ0n) is 13.7. The van der Waals surface area contributed by atoms with Crippen LogP contribution in [0.4, 0.5) is 10.2 Å². The molecule has 0 radical (unpaired) electrons. The number of nitrogens with one attached hydrogen (secondary N) is 1. The summed E-state index contributed by atoms with van der Waals surface area (Å²) in [5.74, 6) is 0.866. The lowest BCUT2D eigenvalue weighted by atomic mass is 10.1. The van der Waals surface area contributed by atoms with Gasteiger partial charge in [-0.15, -0.1) is 6.58 Å². The summed E-state index contributed by atoms with van der Waals surface area (Å²) >= 11 is 10.8. The van der Waals surface area contributed by atoms with Crippen molar-refractivity contribution >= 4 is 56.0 Å². The first kappa shape index (κ1) is 18.8. The largest absolute Gasteiger partial charge is 0.350 e. The molecule has 5 nitrogen and oxygen atoms in total. The van der Waals surface area contributed by atoms with Crippen LogP contribution in [0.15, 0.2) is 22.4 Å². The maximum absolute atomic E-state index is 14.6. The van der Waals surface area contributed by atoms with Crippen LogP contribution in [0.3, 0.4) is 0 Å². The van der Waals surface area contributed by atoms with E-state index in [1.165, 1.54) is 11.8 Å². The van der Waals surface area contributed by atoms with E-state index in [-0.39, 0.29) is 16.7 Å². The van der Waals surface area contributed by atoms with Crippen LogP contribution in [-0.2, 0) is 0 Å². The number of anilines is 1. The van der Waals surface area contributed by atoms with Gasteiger partial charge in [0, 0.05) is 25.7 Å². The van der Waals surface area contributed by atoms with Crippen LogP contribution in [0.5, 0.6) is 0 Å². The molecule has 1 fully saturated rings. The van der Waals surface area contributed by atoms with Crippen molar-refractivity contribution in [1.82, 2.24) is 20.3 Å². The highest BCUT2D eigenvalue weighted by Gasteiger charge is 2.27. The maximum atomic E-state index is 14.6. The molecule has 0 saturated carbocycles. The summed E-state index contributed by atoms with van der Waals surface area (Å²) in [6.07, 6.45) is 2.69. The van der Waals surface area contributed by atoms with Gasteiger partial charge in [-0.05, 0) is 28.1 Å². The Morgan fingerprint density at radius 2 is 2.28 bits per heavy atom. The molecule has 25 heavy (non-hydrogen) atoms. The van der Waals surface area contributed by atoms with E-state index >= 15 is 0 Å². The van der Waals surface area contributed by atoms with Crippen molar-refractivity contribution in [2.75, 3.05) is 30.3 Å². The molecule has 2 aromatic rings. The van der Waals surface area contributed by atoms with Gasteiger partial charge in [-0.3, -0.25) is 0 Å². The van der Waals surface area contributed by atoms with Crippen LogP contribution in [0.25, 0.3) is 10.9 Å². The quantitative estimate of drug-likeness (QED) is 0.324. The third-order valence-corrected chi connectivity index (χ3v) is 5.55. The van der Waals surface area contributed by atoms with E-state index in [0.717, 1.165) is 31.8 Å². The molecular formula is C16H18BrClFN5S. The Morgan fingerprint density at radius 3 is 3.00 bits per heavy atom. The minimum absolute atomic E-state index is 0.189. The summed E-state index contributed by atoms with van der Waals surface area (Å²) in [5, 5.41) is 4.28. The number of hydrogen-bond donors (Lipinski definition) is 1. The van der Waals surface area contributed by atoms with Crippen LogP contribution < -0.4 is 10.2 Å². The lowest BCUT2D eigenvalue weighted by Crippen LogP contribution is -2.51. The summed E-state index contributed by atoms with van der Waals surface area (Å²) in [6.45, 7) is 8.26. The van der Waals surface area contributed by atoms with Crippen molar-refractivity contribution in [1.29, 1.82) is 0 Å². The van der Waals surface area contributed by atoms with Crippen LogP contribution >= 0.6 is 39.3 Å². The topological polar surface area (TPSA) is 53.9 Å². The van der Waals surface area contributed by atoms with Gasteiger partial charge in [-0.25, -0.2) is 19.3 Å². The van der Waals surface area contributed by atoms with Crippen LogP contribution in [-0.4, -0.2) is 46.4 Å². The van der Waals surface area contributed by atoms with Crippen molar-refractivity contribution in [3.8, 4) is 0 Å². The Bertz CT molecular complexity index is 806. The summed E-state index contributed by atoms with van der Waals surface area (Å²) in [7, 11) is 0. The number of hydrogen-bond acceptors (Lipinski definition) is 6. The number of rotatable bonds is 5. The summed E-state index contributed by atoms with van der Waals surface area (Å²) in [5.41, 5.74) is 0.198. The predicted molar refractivity (Wildman–Crippen MR) is 105 cm³/mol. The monoisotopic (exact) mass is 445 g/mol. The van der Waals surface area contributed by atoms with Gasteiger partial charge in [0.1, 0.15) is 15.9 Å². The smallest absolute Gasteiger partial charge is 0.190 e. The van der Waals surface area contributed by atoms with Crippen molar-refractivity contribution < 1.29 is 4.39 Å². The second kappa shape index (κ2) is 8.16. The van der Waals surface area contributed by atoms with Gasteiger partial charge >= 0.3 is 0 Å². The van der Waals surface area contributed by atoms with E-state index in [1.807, 2.05) is 13.0 Å². The SMILES string of the molecule is C=CCC1CNCCN1c1nc(SCC)nc2c(F)c(Cl)nc(Br)c12. The first-order chi connectivity index (χ1) is 12.1. The van der Waals surface area contributed by atoms with Gasteiger partial charge in [0.05, 0.1) is 5.39 Å². The second-order valence-electron chi connectivity index (χ2n) is 5.57. The number of halogens is 3. The second-order valence-corrected chi connectivity index (χ2v) is 7.91. The fraction of sp³-hybridized carbons (Fsp3) is 0.438. The van der Waals surface area contributed by atoms with Gasteiger partial charge in [-0.2, -0.15) is 0 Å². The van der Waals surface area contributed by atoms with E-state index in [9.17, 15) is 4.39 Å². The highest BCUT2D eigenvalue weighted by molar-refractivity contribution is 9.10. The summed E-state index contributed by atoms with van der Waals surface area (Å²) < 4.78 is 15.1. The Morgan fingerprint density at radius 1 is 1.48 bits per heavy atom. The summed E-state index contributed by atoms with van der Waals surface area (Å²) in [4.78, 5) is 15.3. The average molecular weight is 447 g/mol. The molecule has 0 aliphatic carbocycles. The molecule has 1 aliphatic rings. The first-order valence-electron chi connectivity index (χ1n) is 8.00. The zero-order valence-corrected chi connectivity index (χ0v) is 16.9. The van der Waals surface area contributed by atoms with Gasteiger partial charge in [0.15, 0.2) is 16.1 Å². The highest BCUT2D eigenvalue weighted by atomic mass is 79.9. The molecule has 1 atom stereocenters. The molecule has 2 aromatic heterocycles. The number of fused-ring (bicyclic) bond motifs is 1. The van der Waals surface area contributed by atoms with E-state index in [4.69, 9.17) is 16.6 Å². The minimum Gasteiger partial charge on any atom is -0.350 e. The Kier molecular flexibility index (Phi) is 6.14. The van der Waals surface area contributed by atoms with E-state index in [1.54, 1.807) is 0 Å². The molecule has 0 bridgehead atoms. The van der Waals surface area contributed by atoms with E-state index < -0.39 is 5.82 Å². The molecular weight excluding hydrogens is 429 g/mol. The van der Waals surface area contributed by atoms with Gasteiger partial charge in [0.2, 0.25) is 0 Å². The predicted octanol–water partition coefficient (Wildman–Crippen LogP) is 4.05. The van der Waals surface area contributed by atoms with Crippen LogP contribution in [0, 0.1) is 5.82 Å². The number of thioether (sulfide) groups is 1. The molecule has 1 unspecified atom stereocenters. The van der Waals surface area contributed by atoms with Crippen molar-refractivity contribution in [2.45, 2.75) is 24.5 Å². The van der Waals surface area contributed by atoms with Gasteiger partial charge < -0.3 is 10.2 Å². The van der Waals surface area contributed by atoms with Gasteiger partial charge in [-0.1, -0.05) is 36.4 Å². The molecule has 0 aromatic carbocycles. The van der Waals surface area contributed by atoms with Crippen LogP contribution in [0.2, 0.25) is 5.15 Å². The van der Waals surface area contributed by atoms with Crippen molar-refractivity contribution in [2.24, 2.45) is 0 Å². The number of nitrogens with zero attached hydrogens (tertiary/aromatic N) is 4. The third-order valence-electron chi connectivity index (χ3n) is 4.00. The van der Waals surface area contributed by atoms with Gasteiger partial charge in [0.25, 0.3) is 0 Å². The number of pyridine rings is 1. The Balaban J connectivity index is 2.24. The molecule has 0 spiro atoms. The fourth-order valence-corrected chi connectivity index (χ4v) is 4.29. The standard InChI is InChI=1S/C16H18BrClFN5S/c1-3-5-9-8-20-6-7-24(9)15-10-12(21-16(23-15)25-4-2)11(19)14(18)22-13(10)17/h3,9,20H,1,4-8H2,2H3. The van der Waals surface area contributed by atoms with E-state index in [2.05, 4.69) is 42.7 Å². The molecule has 1 N–H and O–H groups in total. The highest BCUT2D eigenvalue weighted by Crippen LogP contribution is 2.36. The first-order valence-corrected chi connectivity index (χ1v) is 10.2. The number of aromatic nitrogens is 3. The van der Waals surface area contributed by atoms with E-state index in [0.29, 0.717) is 21.0 Å². The Hall–Kier alpha value is -0.960. The molecule has 1 aliphatic heterocycles. The third kappa shape index (κ3) is 3.77. The fourth-order valence-electron chi connectivity index (χ4n) is 2.91. The Labute approximate surface area is 163 Å². The zero-order chi connectivity index (χ0) is 18.0. The molecule has 3 rings (SSSR count). The number of piperazine rings is 1.